The van der Waals surface area contributed by atoms with Gasteiger partial charge in [-0.2, -0.15) is 0 Å². The third kappa shape index (κ3) is 3.32. The lowest BCUT2D eigenvalue weighted by atomic mass is 10.1. The highest BCUT2D eigenvalue weighted by atomic mass is 15.0. The SMILES string of the molecule is CCNc1ncnc(Cc2ccc(CC)cn2)c1CC. The zero-order valence-corrected chi connectivity index (χ0v) is 12.5. The van der Waals surface area contributed by atoms with Gasteiger partial charge in [-0.05, 0) is 31.4 Å². The summed E-state index contributed by atoms with van der Waals surface area (Å²) in [7, 11) is 0. The number of aryl methyl sites for hydroxylation is 1. The van der Waals surface area contributed by atoms with Crippen molar-refractivity contribution in [3.63, 3.8) is 0 Å². The molecule has 4 heteroatoms. The second kappa shape index (κ2) is 6.98. The Morgan fingerprint density at radius 2 is 1.85 bits per heavy atom. The van der Waals surface area contributed by atoms with Crippen molar-refractivity contribution in [3.05, 3.63) is 47.2 Å². The molecule has 0 saturated heterocycles. The Balaban J connectivity index is 2.25. The number of aromatic nitrogens is 3. The minimum atomic E-state index is 0.758. The van der Waals surface area contributed by atoms with Crippen molar-refractivity contribution in [1.29, 1.82) is 0 Å². The summed E-state index contributed by atoms with van der Waals surface area (Å²) >= 11 is 0. The van der Waals surface area contributed by atoms with Crippen molar-refractivity contribution < 1.29 is 0 Å². The highest BCUT2D eigenvalue weighted by Crippen LogP contribution is 2.18. The first-order valence-electron chi connectivity index (χ1n) is 7.28. The highest BCUT2D eigenvalue weighted by molar-refractivity contribution is 5.46. The standard InChI is InChI=1S/C16H22N4/c1-4-12-7-8-13(18-10-12)9-15-14(5-2)16(17-6-3)20-11-19-15/h7-8,10-11H,4-6,9H2,1-3H3,(H,17,19,20). The maximum Gasteiger partial charge on any atom is 0.132 e. The summed E-state index contributed by atoms with van der Waals surface area (Å²) in [4.78, 5) is 13.3. The monoisotopic (exact) mass is 270 g/mol. The summed E-state index contributed by atoms with van der Waals surface area (Å²) in [5.41, 5.74) is 4.57. The van der Waals surface area contributed by atoms with Crippen molar-refractivity contribution in [2.45, 2.75) is 40.0 Å². The van der Waals surface area contributed by atoms with Crippen LogP contribution in [0, 0.1) is 0 Å². The maximum absolute atomic E-state index is 4.52. The molecule has 2 aromatic rings. The fourth-order valence-electron chi connectivity index (χ4n) is 2.23. The topological polar surface area (TPSA) is 50.7 Å². The minimum Gasteiger partial charge on any atom is -0.370 e. The molecule has 0 saturated carbocycles. The van der Waals surface area contributed by atoms with Gasteiger partial charge in [0.15, 0.2) is 0 Å². The molecule has 0 fully saturated rings. The van der Waals surface area contributed by atoms with Gasteiger partial charge in [-0.15, -0.1) is 0 Å². The number of rotatable bonds is 6. The van der Waals surface area contributed by atoms with Crippen molar-refractivity contribution >= 4 is 5.82 Å². The fraction of sp³-hybridized carbons (Fsp3) is 0.438. The predicted molar refractivity (Wildman–Crippen MR) is 82.0 cm³/mol. The van der Waals surface area contributed by atoms with E-state index in [1.807, 2.05) is 6.20 Å². The van der Waals surface area contributed by atoms with Gasteiger partial charge in [-0.25, -0.2) is 9.97 Å². The molecule has 0 spiro atoms. The van der Waals surface area contributed by atoms with Gasteiger partial charge in [-0.1, -0.05) is 19.9 Å². The van der Waals surface area contributed by atoms with E-state index in [1.54, 1.807) is 6.33 Å². The zero-order chi connectivity index (χ0) is 14.4. The Bertz CT molecular complexity index is 549. The van der Waals surface area contributed by atoms with Crippen LogP contribution in [0.25, 0.3) is 0 Å². The number of hydrogen-bond acceptors (Lipinski definition) is 4. The number of pyridine rings is 1. The van der Waals surface area contributed by atoms with Crippen molar-refractivity contribution in [2.75, 3.05) is 11.9 Å². The van der Waals surface area contributed by atoms with Gasteiger partial charge in [-0.3, -0.25) is 4.98 Å². The number of nitrogens with zero attached hydrogens (tertiary/aromatic N) is 3. The van der Waals surface area contributed by atoms with Crippen molar-refractivity contribution in [3.8, 4) is 0 Å². The van der Waals surface area contributed by atoms with Gasteiger partial charge in [0.25, 0.3) is 0 Å². The van der Waals surface area contributed by atoms with Crippen LogP contribution in [0.5, 0.6) is 0 Å². The summed E-state index contributed by atoms with van der Waals surface area (Å²) in [6, 6.07) is 4.23. The molecule has 0 atom stereocenters. The smallest absolute Gasteiger partial charge is 0.132 e. The van der Waals surface area contributed by atoms with Crippen LogP contribution in [0.2, 0.25) is 0 Å². The van der Waals surface area contributed by atoms with Crippen LogP contribution in [0.4, 0.5) is 5.82 Å². The summed E-state index contributed by atoms with van der Waals surface area (Å²) in [6.45, 7) is 7.22. The molecule has 2 rings (SSSR count). The molecule has 106 valence electrons. The van der Waals surface area contributed by atoms with Gasteiger partial charge < -0.3 is 5.32 Å². The molecular weight excluding hydrogens is 248 g/mol. The van der Waals surface area contributed by atoms with Gasteiger partial charge in [0.2, 0.25) is 0 Å². The average Bonchev–Trinajstić information content (AvgIpc) is 2.49. The third-order valence-corrected chi connectivity index (χ3v) is 3.38. The summed E-state index contributed by atoms with van der Waals surface area (Å²) in [5.74, 6) is 0.949. The molecule has 4 nitrogen and oxygen atoms in total. The van der Waals surface area contributed by atoms with E-state index in [9.17, 15) is 0 Å². The molecule has 20 heavy (non-hydrogen) atoms. The van der Waals surface area contributed by atoms with E-state index in [-0.39, 0.29) is 0 Å². The molecule has 1 N–H and O–H groups in total. The van der Waals surface area contributed by atoms with Gasteiger partial charge in [0, 0.05) is 30.4 Å². The normalized spacial score (nSPS) is 10.6. The molecule has 0 aromatic carbocycles. The van der Waals surface area contributed by atoms with E-state index in [2.05, 4.69) is 53.2 Å². The van der Waals surface area contributed by atoms with E-state index >= 15 is 0 Å². The van der Waals surface area contributed by atoms with Gasteiger partial charge >= 0.3 is 0 Å². The molecule has 0 bridgehead atoms. The number of anilines is 1. The molecule has 0 unspecified atom stereocenters. The summed E-state index contributed by atoms with van der Waals surface area (Å²) in [6.07, 6.45) is 6.28. The lowest BCUT2D eigenvalue weighted by molar-refractivity contribution is 0.920. The number of nitrogens with one attached hydrogen (secondary N) is 1. The van der Waals surface area contributed by atoms with Crippen LogP contribution in [0.15, 0.2) is 24.7 Å². The van der Waals surface area contributed by atoms with Crippen molar-refractivity contribution in [2.24, 2.45) is 0 Å². The Labute approximate surface area is 120 Å². The molecule has 2 aromatic heterocycles. The predicted octanol–water partition coefficient (Wildman–Crippen LogP) is 3.02. The molecule has 0 aliphatic carbocycles. The first-order chi connectivity index (χ1) is 9.78. The molecular formula is C16H22N4. The Morgan fingerprint density at radius 3 is 2.45 bits per heavy atom. The maximum atomic E-state index is 4.52. The van der Waals surface area contributed by atoms with Crippen molar-refractivity contribution in [1.82, 2.24) is 15.0 Å². The van der Waals surface area contributed by atoms with Crippen LogP contribution in [0.3, 0.4) is 0 Å². The first-order valence-corrected chi connectivity index (χ1v) is 7.28. The van der Waals surface area contributed by atoms with E-state index in [0.717, 1.165) is 43.0 Å². The summed E-state index contributed by atoms with van der Waals surface area (Å²) in [5, 5.41) is 3.30. The fourth-order valence-corrected chi connectivity index (χ4v) is 2.23. The van der Waals surface area contributed by atoms with Crippen LogP contribution >= 0.6 is 0 Å². The lowest BCUT2D eigenvalue weighted by Crippen LogP contribution is -2.08. The second-order valence-corrected chi connectivity index (χ2v) is 4.72. The van der Waals surface area contributed by atoms with E-state index in [1.165, 1.54) is 11.1 Å². The summed E-state index contributed by atoms with van der Waals surface area (Å²) < 4.78 is 0. The van der Waals surface area contributed by atoms with Crippen LogP contribution in [0.1, 0.15) is 43.3 Å². The largest absolute Gasteiger partial charge is 0.370 e. The lowest BCUT2D eigenvalue weighted by Gasteiger charge is -2.12. The van der Waals surface area contributed by atoms with E-state index in [0.29, 0.717) is 0 Å². The van der Waals surface area contributed by atoms with Crippen LogP contribution in [-0.2, 0) is 19.3 Å². The number of hydrogen-bond donors (Lipinski definition) is 1. The highest BCUT2D eigenvalue weighted by Gasteiger charge is 2.10. The Kier molecular flexibility index (Phi) is 5.04. The van der Waals surface area contributed by atoms with E-state index in [4.69, 9.17) is 0 Å². The van der Waals surface area contributed by atoms with Crippen LogP contribution < -0.4 is 5.32 Å². The molecule has 0 aliphatic rings. The van der Waals surface area contributed by atoms with Gasteiger partial charge in [0.05, 0.1) is 5.69 Å². The Morgan fingerprint density at radius 1 is 1.00 bits per heavy atom. The first kappa shape index (κ1) is 14.4. The average molecular weight is 270 g/mol. The second-order valence-electron chi connectivity index (χ2n) is 4.72. The quantitative estimate of drug-likeness (QED) is 0.876. The Hall–Kier alpha value is -1.97. The van der Waals surface area contributed by atoms with Crippen LogP contribution in [-0.4, -0.2) is 21.5 Å². The molecule has 0 radical (unpaired) electrons. The molecule has 0 aliphatic heterocycles. The molecule has 0 amide bonds. The van der Waals surface area contributed by atoms with Gasteiger partial charge in [0.1, 0.15) is 12.1 Å². The molecule has 2 heterocycles. The van der Waals surface area contributed by atoms with E-state index < -0.39 is 0 Å². The third-order valence-electron chi connectivity index (χ3n) is 3.38. The minimum absolute atomic E-state index is 0.758. The zero-order valence-electron chi connectivity index (χ0n) is 12.5.